The molecule has 1 saturated carbocycles. The summed E-state index contributed by atoms with van der Waals surface area (Å²) in [4.78, 5) is 12.6. The Balaban J connectivity index is 1.59. The van der Waals surface area contributed by atoms with E-state index < -0.39 is 27.0 Å². The van der Waals surface area contributed by atoms with Gasteiger partial charge in [-0.1, -0.05) is 23.7 Å². The second-order valence-electron chi connectivity index (χ2n) is 8.47. The van der Waals surface area contributed by atoms with Crippen molar-refractivity contribution >= 4 is 38.9 Å². The summed E-state index contributed by atoms with van der Waals surface area (Å²) in [6.45, 7) is 1.23. The van der Waals surface area contributed by atoms with E-state index in [2.05, 4.69) is 10.6 Å². The minimum absolute atomic E-state index is 0.0158. The Kier molecular flexibility index (Phi) is 6.74. The van der Waals surface area contributed by atoms with Crippen molar-refractivity contribution in [3.63, 3.8) is 0 Å². The van der Waals surface area contributed by atoms with Crippen molar-refractivity contribution in [1.29, 1.82) is 0 Å². The highest BCUT2D eigenvalue weighted by Crippen LogP contribution is 2.38. The molecule has 1 heterocycles. The number of sulfonamides is 1. The highest BCUT2D eigenvalue weighted by atomic mass is 35.5. The fraction of sp³-hybridized carbons (Fsp3) is 0.435. The van der Waals surface area contributed by atoms with E-state index in [4.69, 9.17) is 11.6 Å². The number of fused-ring (bicyclic) bond motifs is 1. The van der Waals surface area contributed by atoms with Gasteiger partial charge in [0, 0.05) is 12.2 Å². The van der Waals surface area contributed by atoms with Crippen molar-refractivity contribution < 1.29 is 17.6 Å². The van der Waals surface area contributed by atoms with Gasteiger partial charge in [-0.2, -0.15) is 0 Å². The van der Waals surface area contributed by atoms with Crippen LogP contribution in [0.5, 0.6) is 0 Å². The van der Waals surface area contributed by atoms with Crippen LogP contribution in [0.15, 0.2) is 36.4 Å². The predicted molar refractivity (Wildman–Crippen MR) is 125 cm³/mol. The lowest BCUT2D eigenvalue weighted by atomic mass is 10.0. The fourth-order valence-electron chi connectivity index (χ4n) is 4.75. The molecule has 6 nitrogen and oxygen atoms in total. The van der Waals surface area contributed by atoms with Gasteiger partial charge in [-0.3, -0.25) is 9.10 Å². The monoisotopic (exact) mass is 479 g/mol. The topological polar surface area (TPSA) is 78.5 Å². The zero-order chi connectivity index (χ0) is 22.9. The van der Waals surface area contributed by atoms with Crippen molar-refractivity contribution in [2.24, 2.45) is 5.92 Å². The van der Waals surface area contributed by atoms with Crippen LogP contribution >= 0.6 is 11.6 Å². The number of anilines is 2. The first kappa shape index (κ1) is 23.0. The molecule has 32 heavy (non-hydrogen) atoms. The largest absolute Gasteiger partial charge is 0.322 e. The molecular weight excluding hydrogens is 453 g/mol. The summed E-state index contributed by atoms with van der Waals surface area (Å²) >= 11 is 6.00. The maximum atomic E-state index is 14.1. The molecule has 0 saturated heterocycles. The number of carbonyl (C=O) groups excluding carboxylic acids is 1. The molecule has 2 unspecified atom stereocenters. The smallest absolute Gasteiger partial charge is 0.260 e. The molecule has 2 N–H and O–H groups in total. The Morgan fingerprint density at radius 2 is 2.06 bits per heavy atom. The van der Waals surface area contributed by atoms with Gasteiger partial charge in [-0.15, -0.1) is 0 Å². The number of nitrogens with zero attached hydrogens (tertiary/aromatic N) is 1. The average molecular weight is 480 g/mol. The lowest BCUT2D eigenvalue weighted by molar-refractivity contribution is 0.102. The molecule has 1 fully saturated rings. The minimum atomic E-state index is -3.53. The Labute approximate surface area is 193 Å². The molecule has 2 aromatic carbocycles. The first-order chi connectivity index (χ1) is 15.3. The second-order valence-corrected chi connectivity index (χ2v) is 11.0. The molecule has 0 aromatic heterocycles. The molecule has 1 aliphatic carbocycles. The van der Waals surface area contributed by atoms with E-state index in [0.717, 1.165) is 31.4 Å². The van der Waals surface area contributed by atoms with Gasteiger partial charge in [0.25, 0.3) is 5.91 Å². The van der Waals surface area contributed by atoms with E-state index in [0.29, 0.717) is 36.7 Å². The zero-order valence-electron chi connectivity index (χ0n) is 17.9. The second kappa shape index (κ2) is 9.37. The number of rotatable bonds is 6. The number of halogens is 2. The number of hydrogen-bond acceptors (Lipinski definition) is 4. The third kappa shape index (κ3) is 4.49. The van der Waals surface area contributed by atoms with Gasteiger partial charge in [-0.25, -0.2) is 12.8 Å². The summed E-state index contributed by atoms with van der Waals surface area (Å²) in [6.07, 6.45) is 3.71. The Bertz CT molecular complexity index is 1110. The quantitative estimate of drug-likeness (QED) is 0.650. The van der Waals surface area contributed by atoms with Crippen molar-refractivity contribution in [2.75, 3.05) is 29.8 Å². The maximum absolute atomic E-state index is 14.1. The third-order valence-electron chi connectivity index (χ3n) is 6.32. The van der Waals surface area contributed by atoms with Gasteiger partial charge >= 0.3 is 0 Å². The number of hydrogen-bond donors (Lipinski definition) is 2. The van der Waals surface area contributed by atoms with E-state index in [1.807, 2.05) is 13.1 Å². The van der Waals surface area contributed by atoms with Crippen molar-refractivity contribution in [1.82, 2.24) is 5.32 Å². The molecule has 172 valence electrons. The third-order valence-corrected chi connectivity index (χ3v) is 8.90. The van der Waals surface area contributed by atoms with Crippen LogP contribution in [0, 0.1) is 11.7 Å². The zero-order valence-corrected chi connectivity index (χ0v) is 19.5. The molecule has 4 rings (SSSR count). The maximum Gasteiger partial charge on any atom is 0.260 e. The minimum Gasteiger partial charge on any atom is -0.322 e. The number of nitrogens with one attached hydrogen (secondary N) is 2. The van der Waals surface area contributed by atoms with Crippen LogP contribution in [-0.4, -0.2) is 39.7 Å². The van der Waals surface area contributed by atoms with Crippen LogP contribution in [0.25, 0.3) is 0 Å². The fourth-order valence-corrected chi connectivity index (χ4v) is 7.13. The van der Waals surface area contributed by atoms with Gasteiger partial charge in [0.1, 0.15) is 5.82 Å². The normalized spacial score (nSPS) is 20.8. The van der Waals surface area contributed by atoms with E-state index in [9.17, 15) is 17.6 Å². The summed E-state index contributed by atoms with van der Waals surface area (Å²) < 4.78 is 42.6. The van der Waals surface area contributed by atoms with Gasteiger partial charge in [0.2, 0.25) is 10.0 Å². The van der Waals surface area contributed by atoms with Crippen molar-refractivity contribution in [3.05, 3.63) is 58.4 Å². The summed E-state index contributed by atoms with van der Waals surface area (Å²) in [5, 5.41) is 5.42. The van der Waals surface area contributed by atoms with Gasteiger partial charge in [0.15, 0.2) is 0 Å². The molecule has 9 heteroatoms. The number of aryl methyl sites for hydroxylation is 1. The van der Waals surface area contributed by atoms with Crippen LogP contribution < -0.4 is 14.9 Å². The van der Waals surface area contributed by atoms with Crippen molar-refractivity contribution in [3.8, 4) is 0 Å². The van der Waals surface area contributed by atoms with Crippen LogP contribution in [0.1, 0.15) is 41.6 Å². The SMILES string of the molecule is CNCC1CCC(S(=O)(=O)N2CCCc3ccc(NC(=O)c4c(F)cccc4Cl)cc32)C1. The van der Waals surface area contributed by atoms with Crippen LogP contribution in [-0.2, 0) is 16.4 Å². The molecule has 2 aromatic rings. The lowest BCUT2D eigenvalue weighted by Gasteiger charge is -2.33. The van der Waals surface area contributed by atoms with E-state index in [1.54, 1.807) is 12.1 Å². The molecular formula is C23H27ClFN3O3S. The standard InChI is InChI=1S/C23H27ClFN3O3S/c1-26-14-15-7-10-18(12-15)32(30,31)28-11-3-4-16-8-9-17(13-21(16)28)27-23(29)22-19(24)5-2-6-20(22)25/h2,5-6,8-9,13,15,18,26H,3-4,7,10-12,14H2,1H3,(H,27,29). The van der Waals surface area contributed by atoms with Gasteiger partial charge in [-0.05, 0) is 81.4 Å². The molecule has 1 aliphatic heterocycles. The molecule has 0 bridgehead atoms. The predicted octanol–water partition coefficient (Wildman–Crippen LogP) is 4.20. The highest BCUT2D eigenvalue weighted by Gasteiger charge is 2.39. The van der Waals surface area contributed by atoms with Crippen molar-refractivity contribution in [2.45, 2.75) is 37.4 Å². The average Bonchev–Trinajstić information content (AvgIpc) is 3.23. The first-order valence-corrected chi connectivity index (χ1v) is 12.7. The summed E-state index contributed by atoms with van der Waals surface area (Å²) in [7, 11) is -1.64. The summed E-state index contributed by atoms with van der Waals surface area (Å²) in [5.74, 6) is -1.03. The number of carbonyl (C=O) groups is 1. The first-order valence-electron chi connectivity index (χ1n) is 10.9. The number of amides is 1. The summed E-state index contributed by atoms with van der Waals surface area (Å²) in [6, 6.07) is 9.25. The highest BCUT2D eigenvalue weighted by molar-refractivity contribution is 7.93. The van der Waals surface area contributed by atoms with E-state index in [1.165, 1.54) is 22.5 Å². The van der Waals surface area contributed by atoms with Gasteiger partial charge in [0.05, 0.1) is 21.5 Å². The van der Waals surface area contributed by atoms with Gasteiger partial charge < -0.3 is 10.6 Å². The van der Waals surface area contributed by atoms with E-state index >= 15 is 0 Å². The Morgan fingerprint density at radius 1 is 1.25 bits per heavy atom. The van der Waals surface area contributed by atoms with E-state index in [-0.39, 0.29) is 10.6 Å². The molecule has 0 radical (unpaired) electrons. The summed E-state index contributed by atoms with van der Waals surface area (Å²) in [5.41, 5.74) is 1.67. The molecule has 2 aliphatic rings. The molecule has 0 spiro atoms. The van der Waals surface area contributed by atoms with Crippen LogP contribution in [0.4, 0.5) is 15.8 Å². The number of benzene rings is 2. The lowest BCUT2D eigenvalue weighted by Crippen LogP contribution is -2.41. The molecule has 2 atom stereocenters. The Hall–Kier alpha value is -2.16. The van der Waals surface area contributed by atoms with Crippen LogP contribution in [0.3, 0.4) is 0 Å². The van der Waals surface area contributed by atoms with Crippen LogP contribution in [0.2, 0.25) is 5.02 Å². The Morgan fingerprint density at radius 3 is 2.81 bits per heavy atom. The molecule has 1 amide bonds.